The number of aliphatic hydroxyl groups excluding tert-OH is 3. The molecule has 8 bridgehead atoms. The maximum atomic E-state index is 12.9. The van der Waals surface area contributed by atoms with Gasteiger partial charge in [0.2, 0.25) is 0 Å². The second kappa shape index (κ2) is 17.8. The quantitative estimate of drug-likeness (QED) is 0.176. The van der Waals surface area contributed by atoms with Crippen LogP contribution in [0.1, 0.15) is 102 Å². The third-order valence-electron chi connectivity index (χ3n) is 15.4. The first-order chi connectivity index (χ1) is 28.1. The minimum atomic E-state index is -0.760. The van der Waals surface area contributed by atoms with Crippen molar-refractivity contribution in [1.82, 2.24) is 20.4 Å². The van der Waals surface area contributed by atoms with Crippen LogP contribution in [-0.4, -0.2) is 125 Å². The monoisotopic (exact) mass is 805 g/mol. The summed E-state index contributed by atoms with van der Waals surface area (Å²) in [5.41, 5.74) is 7.31. The number of aromatic hydroxyl groups is 1. The van der Waals surface area contributed by atoms with Crippen LogP contribution in [-0.2, 0) is 22.6 Å². The third-order valence-corrected chi connectivity index (χ3v) is 15.4. The number of aliphatic imine (C=N–C) groups is 1. The highest BCUT2D eigenvalue weighted by atomic mass is 16.5. The number of nitrogens with zero attached hydrogens (tertiary/aromatic N) is 3. The lowest BCUT2D eigenvalue weighted by molar-refractivity contribution is -0.152. The highest BCUT2D eigenvalue weighted by molar-refractivity contribution is 5.77. The van der Waals surface area contributed by atoms with Crippen LogP contribution in [0.3, 0.4) is 0 Å². The van der Waals surface area contributed by atoms with Gasteiger partial charge in [0.05, 0.1) is 31.4 Å². The molecule has 4 fully saturated rings. The average Bonchev–Trinajstić information content (AvgIpc) is 3.68. The first kappa shape index (κ1) is 41.6. The van der Waals surface area contributed by atoms with E-state index in [1.165, 1.54) is 6.92 Å². The zero-order valence-corrected chi connectivity index (χ0v) is 34.5. The largest absolute Gasteiger partial charge is 0.504 e. The molecule has 3 saturated heterocycles. The third kappa shape index (κ3) is 8.84. The number of benzene rings is 1. The molecule has 0 aromatic heterocycles. The normalized spacial score (nSPS) is 39.0. The number of phenolic OH excluding ortho intramolecular Hbond substituents is 1. The number of carbonyl (C=O) groups excluding carboxylic acids is 1. The van der Waals surface area contributed by atoms with Gasteiger partial charge >= 0.3 is 5.97 Å². The van der Waals surface area contributed by atoms with Crippen molar-refractivity contribution < 1.29 is 34.7 Å². The summed E-state index contributed by atoms with van der Waals surface area (Å²) in [5.74, 6) is 8.76. The van der Waals surface area contributed by atoms with E-state index in [1.54, 1.807) is 6.07 Å². The summed E-state index contributed by atoms with van der Waals surface area (Å²) in [6.45, 7) is 6.78. The highest BCUT2D eigenvalue weighted by Crippen LogP contribution is 2.56. The molecule has 1 saturated carbocycles. The number of aliphatic hydroxyl groups is 3. The predicted molar refractivity (Wildman–Crippen MR) is 221 cm³/mol. The molecule has 6 heterocycles. The van der Waals surface area contributed by atoms with Crippen molar-refractivity contribution in [1.29, 1.82) is 0 Å². The van der Waals surface area contributed by atoms with Crippen LogP contribution < -0.4 is 21.1 Å². The van der Waals surface area contributed by atoms with Gasteiger partial charge < -0.3 is 46.3 Å². The summed E-state index contributed by atoms with van der Waals surface area (Å²) in [4.78, 5) is 22.7. The molecular formula is C45H68N6O7. The van der Waals surface area contributed by atoms with E-state index in [1.807, 2.05) is 6.07 Å². The van der Waals surface area contributed by atoms with E-state index < -0.39 is 23.6 Å². The van der Waals surface area contributed by atoms with Crippen LogP contribution in [0.5, 0.6) is 11.5 Å². The fourth-order valence-corrected chi connectivity index (χ4v) is 12.4. The SMILES string of the molecule is CC(=O)OC1CC(O)CCC2(C#CC3CCCC4CC(CCN4)Oc4cc(c(CO)cc4O)CC31)CNC(N)=NCN1CC3CC(C1)C(CO)N(C3)CC21CCCC1. The van der Waals surface area contributed by atoms with Crippen LogP contribution >= 0.6 is 0 Å². The number of phenols is 1. The molecule has 9 rings (SSSR count). The van der Waals surface area contributed by atoms with Crippen molar-refractivity contribution in [3.05, 3.63) is 23.3 Å². The molecule has 0 radical (unpaired) electrons. The Balaban J connectivity index is 1.26. The topological polar surface area (TPSA) is 185 Å². The second-order valence-electron chi connectivity index (χ2n) is 19.1. The summed E-state index contributed by atoms with van der Waals surface area (Å²) in [7, 11) is 0. The van der Waals surface area contributed by atoms with E-state index in [0.717, 1.165) is 102 Å². The fraction of sp³-hybridized carbons (Fsp3) is 0.778. The molecule has 12 atom stereocenters. The zero-order valence-electron chi connectivity index (χ0n) is 34.5. The van der Waals surface area contributed by atoms with Gasteiger partial charge in [-0.05, 0) is 106 Å². The maximum Gasteiger partial charge on any atom is 0.302 e. The zero-order chi connectivity index (χ0) is 40.4. The molecule has 58 heavy (non-hydrogen) atoms. The number of nitrogens with two attached hydrogens (primary N) is 1. The lowest BCUT2D eigenvalue weighted by Crippen LogP contribution is -2.62. The first-order valence-corrected chi connectivity index (χ1v) is 22.4. The van der Waals surface area contributed by atoms with Crippen molar-refractivity contribution in [3.8, 4) is 23.3 Å². The summed E-state index contributed by atoms with van der Waals surface area (Å²) in [6, 6.07) is 3.79. The molecule has 8 aliphatic rings. The van der Waals surface area contributed by atoms with Gasteiger partial charge in [-0.1, -0.05) is 31.1 Å². The Bertz CT molecular complexity index is 1710. The Hall–Kier alpha value is -3.12. The molecule has 2 spiro atoms. The molecule has 12 unspecified atom stereocenters. The van der Waals surface area contributed by atoms with Crippen molar-refractivity contribution in [3.63, 3.8) is 0 Å². The smallest absolute Gasteiger partial charge is 0.302 e. The van der Waals surface area contributed by atoms with Gasteiger partial charge in [0.25, 0.3) is 0 Å². The molecule has 2 aliphatic carbocycles. The Morgan fingerprint density at radius 2 is 1.91 bits per heavy atom. The van der Waals surface area contributed by atoms with Crippen LogP contribution in [0.15, 0.2) is 17.1 Å². The van der Waals surface area contributed by atoms with Crippen molar-refractivity contribution in [2.24, 2.45) is 45.2 Å². The van der Waals surface area contributed by atoms with Gasteiger partial charge in [-0.2, -0.15) is 0 Å². The van der Waals surface area contributed by atoms with Crippen LogP contribution in [0.2, 0.25) is 0 Å². The van der Waals surface area contributed by atoms with E-state index in [4.69, 9.17) is 20.2 Å². The Morgan fingerprint density at radius 1 is 1.07 bits per heavy atom. The summed E-state index contributed by atoms with van der Waals surface area (Å²) >= 11 is 0. The molecule has 6 aliphatic heterocycles. The highest BCUT2D eigenvalue weighted by Gasteiger charge is 2.55. The Morgan fingerprint density at radius 3 is 2.71 bits per heavy atom. The predicted octanol–water partition coefficient (Wildman–Crippen LogP) is 2.86. The molecular weight excluding hydrogens is 737 g/mol. The van der Waals surface area contributed by atoms with E-state index in [-0.39, 0.29) is 60.8 Å². The minimum Gasteiger partial charge on any atom is -0.504 e. The lowest BCUT2D eigenvalue weighted by atomic mass is 9.58. The standard InChI is InChI=1S/C45H68N6O7/c1-29(54)57-41-20-36(55)8-13-44(26-48-43(46)49-28-50-21-30-15-33(23-50)39(25-53)51(22-30)27-45(44)10-2-3-11-45)12-7-31-5-4-6-35-19-37(9-14-47-35)58-42-18-32(16-38(31)41)34(24-52)17-40(42)56/h17-18,30-31,33,35-39,41,47,52-53,55-56H,2-6,8-11,13-16,19-28H2,1H3,(H3,46,48,49). The number of piperidine rings is 3. The summed E-state index contributed by atoms with van der Waals surface area (Å²) < 4.78 is 12.7. The fourth-order valence-electron chi connectivity index (χ4n) is 12.4. The van der Waals surface area contributed by atoms with Gasteiger partial charge in [-0.15, -0.1) is 0 Å². The first-order valence-electron chi connectivity index (χ1n) is 22.4. The van der Waals surface area contributed by atoms with E-state index in [9.17, 15) is 25.2 Å². The van der Waals surface area contributed by atoms with Gasteiger partial charge in [0.1, 0.15) is 12.2 Å². The number of esters is 1. The second-order valence-corrected chi connectivity index (χ2v) is 19.1. The number of nitrogens with one attached hydrogen (secondary N) is 2. The van der Waals surface area contributed by atoms with Crippen molar-refractivity contribution in [2.75, 3.05) is 52.5 Å². The number of hydrogen-bond acceptors (Lipinski definition) is 13. The van der Waals surface area contributed by atoms with E-state index in [2.05, 4.69) is 32.3 Å². The molecule has 8 N–H and O–H groups in total. The van der Waals surface area contributed by atoms with Crippen molar-refractivity contribution >= 4 is 11.9 Å². The van der Waals surface area contributed by atoms with Gasteiger partial charge in [-0.25, -0.2) is 4.99 Å². The molecule has 13 nitrogen and oxygen atoms in total. The van der Waals surface area contributed by atoms with E-state index in [0.29, 0.717) is 61.6 Å². The number of guanidine groups is 1. The van der Waals surface area contributed by atoms with Gasteiger partial charge in [-0.3, -0.25) is 14.6 Å². The average molecular weight is 805 g/mol. The number of ether oxygens (including phenoxy) is 2. The molecule has 1 aromatic carbocycles. The van der Waals surface area contributed by atoms with Crippen molar-refractivity contribution in [2.45, 2.75) is 134 Å². The van der Waals surface area contributed by atoms with Gasteiger partial charge in [0, 0.05) is 75.4 Å². The minimum absolute atomic E-state index is 0.00203. The summed E-state index contributed by atoms with van der Waals surface area (Å²) in [5, 5.41) is 52.0. The molecule has 13 heteroatoms. The number of rotatable bonds is 3. The molecule has 0 amide bonds. The number of carbonyl (C=O) groups is 1. The number of hydrogen-bond donors (Lipinski definition) is 7. The Kier molecular flexibility index (Phi) is 12.8. The molecule has 1 aromatic rings. The van der Waals surface area contributed by atoms with Crippen LogP contribution in [0, 0.1) is 46.3 Å². The lowest BCUT2D eigenvalue weighted by Gasteiger charge is -2.55. The number of fused-ring (bicyclic) bond motifs is 8. The van der Waals surface area contributed by atoms with Crippen LogP contribution in [0.25, 0.3) is 0 Å². The molecule has 320 valence electrons. The van der Waals surface area contributed by atoms with Gasteiger partial charge in [0.15, 0.2) is 17.5 Å². The Labute approximate surface area is 344 Å². The van der Waals surface area contributed by atoms with E-state index >= 15 is 0 Å². The van der Waals surface area contributed by atoms with Crippen LogP contribution in [0.4, 0.5) is 0 Å². The summed E-state index contributed by atoms with van der Waals surface area (Å²) in [6.07, 6.45) is 9.94. The maximum absolute atomic E-state index is 12.9.